The van der Waals surface area contributed by atoms with E-state index in [2.05, 4.69) is 10.6 Å². The van der Waals surface area contributed by atoms with Crippen LogP contribution in [0.3, 0.4) is 0 Å². The number of nitrogens with one attached hydrogen (secondary N) is 2. The largest absolute Gasteiger partial charge is 0.394 e. The molecule has 0 aromatic heterocycles. The molecule has 2 atom stereocenters. The molecule has 88 valence electrons. The average molecular weight is 214 g/mol. The van der Waals surface area contributed by atoms with Gasteiger partial charge in [0.1, 0.15) is 0 Å². The normalized spacial score (nSPS) is 24.3. The topological polar surface area (TPSA) is 61.4 Å². The van der Waals surface area contributed by atoms with Gasteiger partial charge in [0.25, 0.3) is 0 Å². The summed E-state index contributed by atoms with van der Waals surface area (Å²) >= 11 is 0. The van der Waals surface area contributed by atoms with Crippen LogP contribution in [0.4, 0.5) is 0 Å². The highest BCUT2D eigenvalue weighted by Crippen LogP contribution is 2.08. The molecule has 1 fully saturated rings. The number of aliphatic hydroxyl groups is 1. The van der Waals surface area contributed by atoms with Gasteiger partial charge in [-0.05, 0) is 25.8 Å². The van der Waals surface area contributed by atoms with E-state index in [0.29, 0.717) is 0 Å². The molecule has 2 unspecified atom stereocenters. The molecular formula is C11H22N2O2. The Labute approximate surface area is 91.4 Å². The number of amides is 1. The summed E-state index contributed by atoms with van der Waals surface area (Å²) in [5.74, 6) is 0.0396. The van der Waals surface area contributed by atoms with E-state index >= 15 is 0 Å². The highest BCUT2D eigenvalue weighted by molar-refractivity contribution is 5.82. The molecule has 1 rings (SSSR count). The SMILES string of the molecule is CCC(CO)NC(=O)C1CCCCCN1. The van der Waals surface area contributed by atoms with E-state index in [1.165, 1.54) is 6.42 Å². The van der Waals surface area contributed by atoms with Crippen LogP contribution in [0.1, 0.15) is 39.0 Å². The summed E-state index contributed by atoms with van der Waals surface area (Å²) in [6.07, 6.45) is 5.15. The van der Waals surface area contributed by atoms with E-state index in [4.69, 9.17) is 5.11 Å². The molecule has 0 saturated carbocycles. The number of hydrogen-bond acceptors (Lipinski definition) is 3. The van der Waals surface area contributed by atoms with Gasteiger partial charge >= 0.3 is 0 Å². The molecule has 3 N–H and O–H groups in total. The zero-order valence-electron chi connectivity index (χ0n) is 9.46. The molecule has 4 nitrogen and oxygen atoms in total. The lowest BCUT2D eigenvalue weighted by Crippen LogP contribution is -2.48. The molecule has 0 aromatic carbocycles. The van der Waals surface area contributed by atoms with Gasteiger partial charge in [0.05, 0.1) is 18.7 Å². The monoisotopic (exact) mass is 214 g/mol. The average Bonchev–Trinajstić information content (AvgIpc) is 2.54. The molecule has 1 heterocycles. The van der Waals surface area contributed by atoms with E-state index in [9.17, 15) is 4.79 Å². The molecule has 0 bridgehead atoms. The van der Waals surface area contributed by atoms with Crippen molar-refractivity contribution < 1.29 is 9.90 Å². The quantitative estimate of drug-likeness (QED) is 0.635. The molecule has 1 aliphatic heterocycles. The number of hydrogen-bond donors (Lipinski definition) is 3. The first-order valence-corrected chi connectivity index (χ1v) is 5.92. The van der Waals surface area contributed by atoms with Crippen LogP contribution in [0, 0.1) is 0 Å². The van der Waals surface area contributed by atoms with Gasteiger partial charge < -0.3 is 15.7 Å². The number of carbonyl (C=O) groups excluding carboxylic acids is 1. The van der Waals surface area contributed by atoms with Crippen LogP contribution in [0.2, 0.25) is 0 Å². The number of carbonyl (C=O) groups is 1. The smallest absolute Gasteiger partial charge is 0.237 e. The van der Waals surface area contributed by atoms with E-state index in [1.54, 1.807) is 0 Å². The Kier molecular flexibility index (Phi) is 5.65. The third-order valence-electron chi connectivity index (χ3n) is 2.94. The van der Waals surface area contributed by atoms with Crippen LogP contribution in [-0.2, 0) is 4.79 Å². The molecule has 1 amide bonds. The highest BCUT2D eigenvalue weighted by Gasteiger charge is 2.20. The van der Waals surface area contributed by atoms with E-state index in [0.717, 1.165) is 32.2 Å². The van der Waals surface area contributed by atoms with Gasteiger partial charge in [0, 0.05) is 0 Å². The first-order chi connectivity index (χ1) is 7.27. The van der Waals surface area contributed by atoms with Crippen molar-refractivity contribution in [2.24, 2.45) is 0 Å². The molecule has 15 heavy (non-hydrogen) atoms. The van der Waals surface area contributed by atoms with Crippen molar-refractivity contribution in [2.75, 3.05) is 13.2 Å². The van der Waals surface area contributed by atoms with Crippen LogP contribution < -0.4 is 10.6 Å². The van der Waals surface area contributed by atoms with Crippen LogP contribution >= 0.6 is 0 Å². The van der Waals surface area contributed by atoms with Gasteiger partial charge in [-0.1, -0.05) is 19.8 Å². The maximum absolute atomic E-state index is 11.8. The number of aliphatic hydroxyl groups excluding tert-OH is 1. The summed E-state index contributed by atoms with van der Waals surface area (Å²) in [5.41, 5.74) is 0. The fraction of sp³-hybridized carbons (Fsp3) is 0.909. The fourth-order valence-electron chi connectivity index (χ4n) is 1.83. The molecular weight excluding hydrogens is 192 g/mol. The number of rotatable bonds is 4. The Morgan fingerprint density at radius 3 is 3.00 bits per heavy atom. The third-order valence-corrected chi connectivity index (χ3v) is 2.94. The van der Waals surface area contributed by atoms with Gasteiger partial charge in [-0.2, -0.15) is 0 Å². The minimum absolute atomic E-state index is 0.0228. The molecule has 1 saturated heterocycles. The van der Waals surface area contributed by atoms with Crippen molar-refractivity contribution in [3.63, 3.8) is 0 Å². The lowest BCUT2D eigenvalue weighted by Gasteiger charge is -2.20. The summed E-state index contributed by atoms with van der Waals surface area (Å²) in [5, 5.41) is 15.1. The van der Waals surface area contributed by atoms with E-state index < -0.39 is 0 Å². The zero-order valence-corrected chi connectivity index (χ0v) is 9.46. The lowest BCUT2D eigenvalue weighted by atomic mass is 10.1. The first kappa shape index (κ1) is 12.5. The van der Waals surface area contributed by atoms with Crippen LogP contribution in [0.5, 0.6) is 0 Å². The lowest BCUT2D eigenvalue weighted by molar-refractivity contribution is -0.124. The van der Waals surface area contributed by atoms with Gasteiger partial charge in [-0.15, -0.1) is 0 Å². The van der Waals surface area contributed by atoms with Gasteiger partial charge in [-0.25, -0.2) is 0 Å². The summed E-state index contributed by atoms with van der Waals surface area (Å²) < 4.78 is 0. The first-order valence-electron chi connectivity index (χ1n) is 5.92. The second kappa shape index (κ2) is 6.80. The van der Waals surface area contributed by atoms with E-state index in [-0.39, 0.29) is 24.6 Å². The van der Waals surface area contributed by atoms with Crippen LogP contribution in [-0.4, -0.2) is 36.2 Å². The molecule has 0 spiro atoms. The Morgan fingerprint density at radius 1 is 1.53 bits per heavy atom. The highest BCUT2D eigenvalue weighted by atomic mass is 16.3. The predicted molar refractivity (Wildman–Crippen MR) is 59.6 cm³/mol. The maximum atomic E-state index is 11.8. The van der Waals surface area contributed by atoms with Crippen molar-refractivity contribution in [3.05, 3.63) is 0 Å². The fourth-order valence-corrected chi connectivity index (χ4v) is 1.83. The minimum Gasteiger partial charge on any atom is -0.394 e. The molecule has 4 heteroatoms. The standard InChI is InChI=1S/C11H22N2O2/c1-2-9(8-14)13-11(15)10-6-4-3-5-7-12-10/h9-10,12,14H,2-8H2,1H3,(H,13,15). The second-order valence-electron chi connectivity index (χ2n) is 4.15. The van der Waals surface area contributed by atoms with Crippen LogP contribution in [0.15, 0.2) is 0 Å². The van der Waals surface area contributed by atoms with Crippen LogP contribution in [0.25, 0.3) is 0 Å². The summed E-state index contributed by atoms with van der Waals surface area (Å²) in [4.78, 5) is 11.8. The zero-order chi connectivity index (χ0) is 11.1. The Balaban J connectivity index is 2.36. The maximum Gasteiger partial charge on any atom is 0.237 e. The Bertz CT molecular complexity index is 185. The summed E-state index contributed by atoms with van der Waals surface area (Å²) in [7, 11) is 0. The van der Waals surface area contributed by atoms with E-state index in [1.807, 2.05) is 6.92 Å². The van der Waals surface area contributed by atoms with Gasteiger partial charge in [0.2, 0.25) is 5.91 Å². The van der Waals surface area contributed by atoms with Crippen molar-refractivity contribution in [2.45, 2.75) is 51.1 Å². The van der Waals surface area contributed by atoms with Gasteiger partial charge in [0.15, 0.2) is 0 Å². The minimum atomic E-state index is -0.0949. The second-order valence-corrected chi connectivity index (χ2v) is 4.15. The predicted octanol–water partition coefficient (Wildman–Crippen LogP) is 0.406. The van der Waals surface area contributed by atoms with Crippen molar-refractivity contribution >= 4 is 5.91 Å². The van der Waals surface area contributed by atoms with Crippen molar-refractivity contribution in [1.82, 2.24) is 10.6 Å². The summed E-state index contributed by atoms with van der Waals surface area (Å²) in [6, 6.07) is -0.157. The molecule has 0 aliphatic carbocycles. The summed E-state index contributed by atoms with van der Waals surface area (Å²) in [6.45, 7) is 2.91. The van der Waals surface area contributed by atoms with Crippen molar-refractivity contribution in [1.29, 1.82) is 0 Å². The van der Waals surface area contributed by atoms with Crippen molar-refractivity contribution in [3.8, 4) is 0 Å². The molecule has 0 aromatic rings. The Hall–Kier alpha value is -0.610. The molecule has 1 aliphatic rings. The third kappa shape index (κ3) is 4.18. The van der Waals surface area contributed by atoms with Gasteiger partial charge in [-0.3, -0.25) is 4.79 Å². The Morgan fingerprint density at radius 2 is 2.33 bits per heavy atom. The molecule has 0 radical (unpaired) electrons.